The molecule has 1 heterocycles. The van der Waals surface area contributed by atoms with E-state index in [-0.39, 0.29) is 0 Å². The van der Waals surface area contributed by atoms with Gasteiger partial charge in [0.2, 0.25) is 0 Å². The molecule has 0 saturated heterocycles. The Balaban J connectivity index is 2.26. The number of aromatic nitrogens is 2. The average Bonchev–Trinajstić information content (AvgIpc) is 2.66. The van der Waals surface area contributed by atoms with Crippen LogP contribution in [0.4, 0.5) is 0 Å². The molecule has 0 radical (unpaired) electrons. The first-order valence-corrected chi connectivity index (χ1v) is 7.55. The van der Waals surface area contributed by atoms with Gasteiger partial charge in [0.25, 0.3) is 0 Å². The van der Waals surface area contributed by atoms with Crippen LogP contribution in [0.3, 0.4) is 0 Å². The van der Waals surface area contributed by atoms with Crippen LogP contribution < -0.4 is 5.73 Å². The molecule has 19 heavy (non-hydrogen) atoms. The van der Waals surface area contributed by atoms with Gasteiger partial charge in [0, 0.05) is 5.69 Å². The summed E-state index contributed by atoms with van der Waals surface area (Å²) in [5, 5.41) is 4.71. The van der Waals surface area contributed by atoms with Crippen molar-refractivity contribution in [3.63, 3.8) is 0 Å². The van der Waals surface area contributed by atoms with Crippen molar-refractivity contribution in [2.75, 3.05) is 6.54 Å². The second-order valence-electron chi connectivity index (χ2n) is 7.31. The first-order chi connectivity index (χ1) is 8.82. The van der Waals surface area contributed by atoms with E-state index in [2.05, 4.69) is 45.4 Å². The zero-order chi connectivity index (χ0) is 14.2. The van der Waals surface area contributed by atoms with Crippen molar-refractivity contribution in [1.82, 2.24) is 9.78 Å². The Kier molecular flexibility index (Phi) is 4.05. The molecule has 108 valence electrons. The van der Waals surface area contributed by atoms with Crippen molar-refractivity contribution < 1.29 is 0 Å². The van der Waals surface area contributed by atoms with E-state index in [9.17, 15) is 0 Å². The molecule has 0 aromatic carbocycles. The maximum atomic E-state index is 6.00. The fraction of sp³-hybridized carbons (Fsp3) is 0.812. The van der Waals surface area contributed by atoms with E-state index in [0.717, 1.165) is 18.2 Å². The van der Waals surface area contributed by atoms with Gasteiger partial charge in [-0.2, -0.15) is 5.10 Å². The van der Waals surface area contributed by atoms with E-state index >= 15 is 0 Å². The Morgan fingerprint density at radius 2 is 2.00 bits per heavy atom. The number of aryl methyl sites for hydroxylation is 2. The number of rotatable bonds is 2. The van der Waals surface area contributed by atoms with Crippen LogP contribution in [0.15, 0.2) is 6.07 Å². The van der Waals surface area contributed by atoms with Crippen molar-refractivity contribution >= 4 is 0 Å². The summed E-state index contributed by atoms with van der Waals surface area (Å²) in [6, 6.07) is 2.66. The summed E-state index contributed by atoms with van der Waals surface area (Å²) >= 11 is 0. The largest absolute Gasteiger partial charge is 0.330 e. The molecule has 1 aromatic heterocycles. The minimum absolute atomic E-state index is 0.383. The van der Waals surface area contributed by atoms with Gasteiger partial charge in [-0.3, -0.25) is 4.68 Å². The summed E-state index contributed by atoms with van der Waals surface area (Å²) in [6.45, 7) is 12.1. The highest BCUT2D eigenvalue weighted by Gasteiger charge is 2.36. The Labute approximate surface area is 117 Å². The van der Waals surface area contributed by atoms with Crippen LogP contribution >= 0.6 is 0 Å². The molecule has 0 spiro atoms. The molecule has 3 heteroatoms. The molecule has 1 aliphatic carbocycles. The van der Waals surface area contributed by atoms with Crippen molar-refractivity contribution in [2.24, 2.45) is 23.0 Å². The molecule has 2 rings (SSSR count). The summed E-state index contributed by atoms with van der Waals surface area (Å²) in [4.78, 5) is 0. The second kappa shape index (κ2) is 5.28. The standard InChI is InChI=1S/C16H29N3/c1-11-8-12(2)19(18-11)15-9-14(16(3,4)5)7-6-13(15)10-17/h8,13-15H,6-7,9-10,17H2,1-5H3. The molecule has 3 unspecified atom stereocenters. The minimum atomic E-state index is 0.383. The lowest BCUT2D eigenvalue weighted by Gasteiger charge is -2.42. The first-order valence-electron chi connectivity index (χ1n) is 7.55. The normalized spacial score (nSPS) is 28.6. The summed E-state index contributed by atoms with van der Waals surface area (Å²) in [5.74, 6) is 1.35. The molecular formula is C16H29N3. The molecule has 1 saturated carbocycles. The molecule has 0 bridgehead atoms. The van der Waals surface area contributed by atoms with Gasteiger partial charge < -0.3 is 5.73 Å². The first kappa shape index (κ1) is 14.6. The van der Waals surface area contributed by atoms with Crippen LogP contribution in [0.25, 0.3) is 0 Å². The van der Waals surface area contributed by atoms with Gasteiger partial charge >= 0.3 is 0 Å². The fourth-order valence-electron chi connectivity index (χ4n) is 3.55. The monoisotopic (exact) mass is 263 g/mol. The Morgan fingerprint density at radius 1 is 1.32 bits per heavy atom. The SMILES string of the molecule is Cc1cc(C)n(C2CC(C(C)(C)C)CCC2CN)n1. The molecule has 1 fully saturated rings. The molecular weight excluding hydrogens is 234 g/mol. The summed E-state index contributed by atoms with van der Waals surface area (Å²) in [5.41, 5.74) is 8.77. The predicted molar refractivity (Wildman–Crippen MR) is 80.1 cm³/mol. The van der Waals surface area contributed by atoms with Crippen LogP contribution in [0.5, 0.6) is 0 Å². The number of nitrogens with two attached hydrogens (primary N) is 1. The number of nitrogens with zero attached hydrogens (tertiary/aromatic N) is 2. The van der Waals surface area contributed by atoms with Gasteiger partial charge in [-0.1, -0.05) is 20.8 Å². The smallest absolute Gasteiger partial charge is 0.0596 e. The minimum Gasteiger partial charge on any atom is -0.330 e. The molecule has 3 atom stereocenters. The highest BCUT2D eigenvalue weighted by atomic mass is 15.3. The van der Waals surface area contributed by atoms with Crippen molar-refractivity contribution in [1.29, 1.82) is 0 Å². The second-order valence-corrected chi connectivity index (χ2v) is 7.31. The summed E-state index contributed by atoms with van der Waals surface area (Å²) in [6.07, 6.45) is 3.76. The van der Waals surface area contributed by atoms with Gasteiger partial charge in [0.1, 0.15) is 0 Å². The third kappa shape index (κ3) is 3.02. The maximum absolute atomic E-state index is 6.00. The highest BCUT2D eigenvalue weighted by molar-refractivity contribution is 5.08. The van der Waals surface area contributed by atoms with E-state index in [0.29, 0.717) is 17.4 Å². The number of hydrogen-bond donors (Lipinski definition) is 1. The zero-order valence-corrected chi connectivity index (χ0v) is 13.1. The molecule has 1 aliphatic rings. The van der Waals surface area contributed by atoms with E-state index in [1.807, 2.05) is 0 Å². The van der Waals surface area contributed by atoms with Crippen LogP contribution in [-0.4, -0.2) is 16.3 Å². The lowest BCUT2D eigenvalue weighted by atomic mass is 9.68. The molecule has 0 aliphatic heterocycles. The lowest BCUT2D eigenvalue weighted by molar-refractivity contribution is 0.0983. The lowest BCUT2D eigenvalue weighted by Crippen LogP contribution is -2.37. The Morgan fingerprint density at radius 3 is 2.47 bits per heavy atom. The quantitative estimate of drug-likeness (QED) is 0.888. The Bertz CT molecular complexity index is 428. The molecule has 3 nitrogen and oxygen atoms in total. The predicted octanol–water partition coefficient (Wildman–Crippen LogP) is 3.46. The van der Waals surface area contributed by atoms with Gasteiger partial charge in [-0.05, 0) is 63.0 Å². The summed E-state index contributed by atoms with van der Waals surface area (Å²) < 4.78 is 2.24. The van der Waals surface area contributed by atoms with Crippen molar-refractivity contribution in [3.8, 4) is 0 Å². The Hall–Kier alpha value is -0.830. The van der Waals surface area contributed by atoms with E-state index in [1.165, 1.54) is 25.0 Å². The van der Waals surface area contributed by atoms with Gasteiger partial charge in [-0.15, -0.1) is 0 Å². The van der Waals surface area contributed by atoms with Gasteiger partial charge in [0.15, 0.2) is 0 Å². The third-order valence-electron chi connectivity index (χ3n) is 4.84. The molecule has 0 amide bonds. The van der Waals surface area contributed by atoms with Gasteiger partial charge in [0.05, 0.1) is 11.7 Å². The molecule has 1 aromatic rings. The fourth-order valence-corrected chi connectivity index (χ4v) is 3.55. The maximum Gasteiger partial charge on any atom is 0.0596 e. The van der Waals surface area contributed by atoms with E-state index in [4.69, 9.17) is 10.8 Å². The van der Waals surface area contributed by atoms with Crippen LogP contribution in [0.1, 0.15) is 57.5 Å². The topological polar surface area (TPSA) is 43.8 Å². The average molecular weight is 263 g/mol. The van der Waals surface area contributed by atoms with Crippen molar-refractivity contribution in [3.05, 3.63) is 17.5 Å². The number of hydrogen-bond acceptors (Lipinski definition) is 2. The summed E-state index contributed by atoms with van der Waals surface area (Å²) in [7, 11) is 0. The van der Waals surface area contributed by atoms with Crippen LogP contribution in [-0.2, 0) is 0 Å². The van der Waals surface area contributed by atoms with E-state index < -0.39 is 0 Å². The third-order valence-corrected chi connectivity index (χ3v) is 4.84. The van der Waals surface area contributed by atoms with Crippen LogP contribution in [0, 0.1) is 31.1 Å². The van der Waals surface area contributed by atoms with Gasteiger partial charge in [-0.25, -0.2) is 0 Å². The van der Waals surface area contributed by atoms with Crippen LogP contribution in [0.2, 0.25) is 0 Å². The van der Waals surface area contributed by atoms with E-state index in [1.54, 1.807) is 0 Å². The highest BCUT2D eigenvalue weighted by Crippen LogP contribution is 2.44. The molecule has 2 N–H and O–H groups in total. The zero-order valence-electron chi connectivity index (χ0n) is 13.1. The van der Waals surface area contributed by atoms with Crippen molar-refractivity contribution in [2.45, 2.75) is 59.9 Å².